The quantitative estimate of drug-likeness (QED) is 0.242. The Morgan fingerprint density at radius 2 is 1.47 bits per heavy atom. The van der Waals surface area contributed by atoms with E-state index in [0.717, 1.165) is 28.3 Å². The molecule has 0 amide bonds. The van der Waals surface area contributed by atoms with E-state index in [0.29, 0.717) is 34.8 Å². The van der Waals surface area contributed by atoms with Crippen molar-refractivity contribution >= 4 is 35.4 Å². The molecule has 0 unspecified atom stereocenters. The summed E-state index contributed by atoms with van der Waals surface area (Å²) < 4.78 is 3.87. The van der Waals surface area contributed by atoms with Crippen LogP contribution in [-0.2, 0) is 17.9 Å². The SMILES string of the molecule is O=C(O)C=Cc1ccc(-c2nc3c([nH]2)c(=O)n(Cc2ccccc2)c(=S)n3Cc2ccccc2)cc1. The standard InChI is InChI=1S/C28H22N4O3S/c33-23(34)16-13-19-11-14-22(15-12-19)25-29-24-26(30-25)31(17-20-7-3-1-4-8-20)28(36)32(27(24)35)18-21-9-5-2-6-10-21/h1-16H,17-18H2,(H,29,30)(H,33,34). The molecular weight excluding hydrogens is 472 g/mol. The highest BCUT2D eigenvalue weighted by molar-refractivity contribution is 7.71. The van der Waals surface area contributed by atoms with E-state index in [1.807, 2.05) is 77.4 Å². The van der Waals surface area contributed by atoms with Gasteiger partial charge in [0.05, 0.1) is 13.1 Å². The van der Waals surface area contributed by atoms with Gasteiger partial charge < -0.3 is 10.1 Å². The second-order valence-corrected chi connectivity index (χ2v) is 8.67. The number of hydrogen-bond donors (Lipinski definition) is 2. The summed E-state index contributed by atoms with van der Waals surface area (Å²) in [5.41, 5.74) is 4.16. The van der Waals surface area contributed by atoms with E-state index < -0.39 is 5.97 Å². The summed E-state index contributed by atoms with van der Waals surface area (Å²) in [6.45, 7) is 0.816. The number of nitrogens with zero attached hydrogens (tertiary/aromatic N) is 3. The van der Waals surface area contributed by atoms with Gasteiger partial charge in [-0.3, -0.25) is 13.9 Å². The molecular formula is C28H22N4O3S. The van der Waals surface area contributed by atoms with E-state index in [9.17, 15) is 9.59 Å². The van der Waals surface area contributed by atoms with E-state index in [2.05, 4.69) is 4.98 Å². The molecule has 8 heteroatoms. The third kappa shape index (κ3) is 4.80. The van der Waals surface area contributed by atoms with Crippen LogP contribution in [0.3, 0.4) is 0 Å². The number of carboxylic acid groups (broad SMARTS) is 1. The third-order valence-electron chi connectivity index (χ3n) is 5.83. The highest BCUT2D eigenvalue weighted by Crippen LogP contribution is 2.21. The summed E-state index contributed by atoms with van der Waals surface area (Å²) in [5.74, 6) is -0.477. The molecule has 2 heterocycles. The van der Waals surface area contributed by atoms with Crippen LogP contribution >= 0.6 is 12.2 Å². The molecule has 178 valence electrons. The number of imidazole rings is 1. The van der Waals surface area contributed by atoms with E-state index in [-0.39, 0.29) is 5.56 Å². The number of carbonyl (C=O) groups is 1. The van der Waals surface area contributed by atoms with Gasteiger partial charge in [-0.1, -0.05) is 84.9 Å². The minimum absolute atomic E-state index is 0.233. The van der Waals surface area contributed by atoms with Gasteiger partial charge in [-0.2, -0.15) is 0 Å². The number of carboxylic acids is 1. The van der Waals surface area contributed by atoms with E-state index >= 15 is 0 Å². The molecule has 0 saturated heterocycles. The van der Waals surface area contributed by atoms with Crippen LogP contribution in [0.1, 0.15) is 16.7 Å². The molecule has 0 aliphatic rings. The fourth-order valence-corrected chi connectivity index (χ4v) is 4.34. The van der Waals surface area contributed by atoms with Crippen molar-refractivity contribution in [1.82, 2.24) is 19.1 Å². The Morgan fingerprint density at radius 3 is 2.06 bits per heavy atom. The van der Waals surface area contributed by atoms with E-state index in [4.69, 9.17) is 22.3 Å². The van der Waals surface area contributed by atoms with Gasteiger partial charge in [0.2, 0.25) is 0 Å². The molecule has 0 atom stereocenters. The monoisotopic (exact) mass is 494 g/mol. The lowest BCUT2D eigenvalue weighted by atomic mass is 10.1. The molecule has 3 aromatic carbocycles. The average molecular weight is 495 g/mol. The number of rotatable bonds is 7. The first-order valence-corrected chi connectivity index (χ1v) is 11.7. The van der Waals surface area contributed by atoms with Crippen molar-refractivity contribution in [3.05, 3.63) is 123 Å². The van der Waals surface area contributed by atoms with E-state index in [1.54, 1.807) is 16.7 Å². The zero-order chi connectivity index (χ0) is 25.1. The van der Waals surface area contributed by atoms with E-state index in [1.165, 1.54) is 6.08 Å². The van der Waals surface area contributed by atoms with Crippen molar-refractivity contribution in [3.63, 3.8) is 0 Å². The van der Waals surface area contributed by atoms with Gasteiger partial charge in [0.15, 0.2) is 10.4 Å². The van der Waals surface area contributed by atoms with Crippen LogP contribution in [0.5, 0.6) is 0 Å². The van der Waals surface area contributed by atoms with Gasteiger partial charge in [-0.15, -0.1) is 0 Å². The molecule has 0 saturated carbocycles. The number of hydrogen-bond acceptors (Lipinski definition) is 4. The number of aromatic amines is 1. The van der Waals surface area contributed by atoms with Crippen molar-refractivity contribution in [1.29, 1.82) is 0 Å². The Morgan fingerprint density at radius 1 is 0.889 bits per heavy atom. The zero-order valence-electron chi connectivity index (χ0n) is 19.2. The Bertz CT molecular complexity index is 1680. The largest absolute Gasteiger partial charge is 0.478 e. The maximum Gasteiger partial charge on any atom is 0.328 e. The normalized spacial score (nSPS) is 11.3. The van der Waals surface area contributed by atoms with Gasteiger partial charge in [0.25, 0.3) is 5.56 Å². The van der Waals surface area contributed by atoms with Crippen LogP contribution in [0.2, 0.25) is 0 Å². The Balaban J connectivity index is 1.64. The number of aliphatic carboxylic acids is 1. The highest BCUT2D eigenvalue weighted by atomic mass is 32.1. The predicted octanol–water partition coefficient (Wildman–Crippen LogP) is 5.12. The Labute approximate surface area is 211 Å². The fourth-order valence-electron chi connectivity index (χ4n) is 4.04. The molecule has 5 aromatic rings. The third-order valence-corrected chi connectivity index (χ3v) is 6.27. The summed E-state index contributed by atoms with van der Waals surface area (Å²) in [5, 5.41) is 8.84. The van der Waals surface area contributed by atoms with Crippen LogP contribution < -0.4 is 5.56 Å². The van der Waals surface area contributed by atoms with Gasteiger partial charge >= 0.3 is 5.97 Å². The molecule has 5 rings (SSSR count). The molecule has 0 spiro atoms. The summed E-state index contributed by atoms with van der Waals surface area (Å²) in [6, 6.07) is 26.9. The Hall–Kier alpha value is -4.56. The zero-order valence-corrected chi connectivity index (χ0v) is 20.0. The molecule has 0 radical (unpaired) electrons. The van der Waals surface area contributed by atoms with Crippen LogP contribution in [0.4, 0.5) is 0 Å². The number of nitrogens with one attached hydrogen (secondary N) is 1. The maximum absolute atomic E-state index is 13.6. The highest BCUT2D eigenvalue weighted by Gasteiger charge is 2.17. The van der Waals surface area contributed by atoms with Gasteiger partial charge in [0.1, 0.15) is 11.3 Å². The summed E-state index contributed by atoms with van der Waals surface area (Å²) in [7, 11) is 0. The molecule has 0 bridgehead atoms. The van der Waals surface area contributed by atoms with Gasteiger partial charge in [-0.05, 0) is 35.0 Å². The molecule has 0 fully saturated rings. The van der Waals surface area contributed by atoms with Crippen molar-refractivity contribution in [3.8, 4) is 11.4 Å². The molecule has 36 heavy (non-hydrogen) atoms. The summed E-state index contributed by atoms with van der Waals surface area (Å²) >= 11 is 5.81. The van der Waals surface area contributed by atoms with Gasteiger partial charge in [-0.25, -0.2) is 9.78 Å². The lowest BCUT2D eigenvalue weighted by molar-refractivity contribution is -0.131. The second kappa shape index (κ2) is 9.97. The molecule has 7 nitrogen and oxygen atoms in total. The number of benzene rings is 3. The lowest BCUT2D eigenvalue weighted by Gasteiger charge is -2.13. The maximum atomic E-state index is 13.6. The fraction of sp³-hybridized carbons (Fsp3) is 0.0714. The number of H-pyrrole nitrogens is 1. The lowest BCUT2D eigenvalue weighted by Crippen LogP contribution is -2.26. The van der Waals surface area contributed by atoms with Crippen LogP contribution in [0.25, 0.3) is 28.6 Å². The molecule has 0 aliphatic heterocycles. The predicted molar refractivity (Wildman–Crippen MR) is 142 cm³/mol. The first-order valence-electron chi connectivity index (χ1n) is 11.3. The summed E-state index contributed by atoms with van der Waals surface area (Å²) in [6.07, 6.45) is 2.60. The van der Waals surface area contributed by atoms with Crippen molar-refractivity contribution in [2.45, 2.75) is 13.1 Å². The Kier molecular flexibility index (Phi) is 6.42. The smallest absolute Gasteiger partial charge is 0.328 e. The number of aromatic nitrogens is 4. The molecule has 2 aromatic heterocycles. The topological polar surface area (TPSA) is 92.9 Å². The first-order chi connectivity index (χ1) is 17.5. The minimum atomic E-state index is -1.01. The van der Waals surface area contributed by atoms with Crippen molar-refractivity contribution in [2.75, 3.05) is 0 Å². The minimum Gasteiger partial charge on any atom is -0.478 e. The summed E-state index contributed by atoms with van der Waals surface area (Å²) in [4.78, 5) is 32.3. The molecule has 2 N–H and O–H groups in total. The average Bonchev–Trinajstić information content (AvgIpc) is 3.35. The van der Waals surface area contributed by atoms with Crippen LogP contribution in [0.15, 0.2) is 95.8 Å². The van der Waals surface area contributed by atoms with Gasteiger partial charge in [0, 0.05) is 11.6 Å². The first kappa shape index (κ1) is 23.2. The van der Waals surface area contributed by atoms with Crippen molar-refractivity contribution in [2.24, 2.45) is 0 Å². The second-order valence-electron chi connectivity index (χ2n) is 8.31. The number of fused-ring (bicyclic) bond motifs is 1. The molecule has 0 aliphatic carbocycles. The van der Waals surface area contributed by atoms with Crippen LogP contribution in [-0.4, -0.2) is 30.2 Å². The van der Waals surface area contributed by atoms with Crippen molar-refractivity contribution < 1.29 is 9.90 Å². The van der Waals surface area contributed by atoms with Crippen LogP contribution in [0, 0.1) is 4.77 Å².